The highest BCUT2D eigenvalue weighted by Gasteiger charge is 2.38. The maximum absolute atomic E-state index is 12.1. The summed E-state index contributed by atoms with van der Waals surface area (Å²) in [5, 5.41) is 31.5. The first kappa shape index (κ1) is 20.1. The van der Waals surface area contributed by atoms with Gasteiger partial charge in [-0.3, -0.25) is 0 Å². The van der Waals surface area contributed by atoms with Gasteiger partial charge in [0.25, 0.3) is 0 Å². The molecule has 0 unspecified atom stereocenters. The van der Waals surface area contributed by atoms with Crippen molar-refractivity contribution < 1.29 is 24.9 Å². The van der Waals surface area contributed by atoms with Gasteiger partial charge in [-0.05, 0) is 57.4 Å². The van der Waals surface area contributed by atoms with E-state index in [0.717, 1.165) is 6.42 Å². The minimum absolute atomic E-state index is 0.148. The SMILES string of the molecule is CC(C)[C@H]1/C=C/[C@@](C)(O)CC[C@@H](O)[C@](C)(O)C[C@H]2C=C(CC1)C(=O)O2. The second-order valence-corrected chi connectivity index (χ2v) is 8.41. The fraction of sp³-hybridized carbons (Fsp3) is 0.750. The number of ether oxygens (including phenoxy) is 1. The van der Waals surface area contributed by atoms with Crippen molar-refractivity contribution in [3.8, 4) is 0 Å². The van der Waals surface area contributed by atoms with Crippen LogP contribution in [0.3, 0.4) is 0 Å². The van der Waals surface area contributed by atoms with Crippen LogP contribution in [0.5, 0.6) is 0 Å². The summed E-state index contributed by atoms with van der Waals surface area (Å²) in [6, 6.07) is 0. The fourth-order valence-electron chi connectivity index (χ4n) is 3.50. The van der Waals surface area contributed by atoms with Gasteiger partial charge in [-0.1, -0.05) is 26.0 Å². The summed E-state index contributed by atoms with van der Waals surface area (Å²) in [7, 11) is 0. The smallest absolute Gasteiger partial charge is 0.334 e. The van der Waals surface area contributed by atoms with E-state index in [1.54, 1.807) is 26.0 Å². The summed E-state index contributed by atoms with van der Waals surface area (Å²) in [6.45, 7) is 7.51. The molecule has 0 aromatic rings. The summed E-state index contributed by atoms with van der Waals surface area (Å²) in [4.78, 5) is 12.1. The van der Waals surface area contributed by atoms with Crippen LogP contribution in [0.25, 0.3) is 0 Å². The molecule has 1 heterocycles. The number of carbonyl (C=O) groups excluding carboxylic acids is 1. The third kappa shape index (κ3) is 5.40. The number of allylic oxidation sites excluding steroid dienone is 1. The molecule has 0 saturated heterocycles. The zero-order chi connectivity index (χ0) is 18.8. The van der Waals surface area contributed by atoms with E-state index in [1.165, 1.54) is 0 Å². The molecule has 5 nitrogen and oxygen atoms in total. The predicted molar refractivity (Wildman–Crippen MR) is 95.8 cm³/mol. The van der Waals surface area contributed by atoms with Crippen LogP contribution in [-0.2, 0) is 9.53 Å². The van der Waals surface area contributed by atoms with Crippen LogP contribution >= 0.6 is 0 Å². The van der Waals surface area contributed by atoms with Crippen molar-refractivity contribution in [3.63, 3.8) is 0 Å². The Bertz CT molecular complexity index is 544. The van der Waals surface area contributed by atoms with Gasteiger partial charge in [-0.25, -0.2) is 4.79 Å². The molecule has 0 fully saturated rings. The Morgan fingerprint density at radius 1 is 1.24 bits per heavy atom. The van der Waals surface area contributed by atoms with Crippen LogP contribution in [0.1, 0.15) is 59.8 Å². The normalized spacial score (nSPS) is 41.8. The molecule has 3 N–H and O–H groups in total. The van der Waals surface area contributed by atoms with E-state index in [9.17, 15) is 20.1 Å². The molecular formula is C20H32O5. The van der Waals surface area contributed by atoms with E-state index in [-0.39, 0.29) is 24.7 Å². The van der Waals surface area contributed by atoms with Gasteiger partial charge in [0.05, 0.1) is 17.3 Å². The standard InChI is InChI=1S/C20H32O5/c1-13(2)14-5-6-15-11-16(25-18(15)22)12-20(4,24)17(21)8-10-19(3,23)9-7-14/h7,9,11,13-14,16-17,21,23-24H,5-6,8,10,12H2,1-4H3/b9-7+/t14-,16-,17-,19-,20-/m1/s1. The van der Waals surface area contributed by atoms with Crippen LogP contribution in [0.2, 0.25) is 0 Å². The zero-order valence-electron chi connectivity index (χ0n) is 15.7. The van der Waals surface area contributed by atoms with Crippen molar-refractivity contribution in [1.82, 2.24) is 0 Å². The summed E-state index contributed by atoms with van der Waals surface area (Å²) < 4.78 is 5.35. The number of hydrogen-bond acceptors (Lipinski definition) is 5. The maximum Gasteiger partial charge on any atom is 0.334 e. The monoisotopic (exact) mass is 352 g/mol. The van der Waals surface area contributed by atoms with Gasteiger partial charge in [0.1, 0.15) is 6.10 Å². The highest BCUT2D eigenvalue weighted by molar-refractivity contribution is 5.90. The second-order valence-electron chi connectivity index (χ2n) is 8.41. The minimum Gasteiger partial charge on any atom is -0.455 e. The molecule has 5 atom stereocenters. The van der Waals surface area contributed by atoms with E-state index in [1.807, 2.05) is 6.08 Å². The van der Waals surface area contributed by atoms with Gasteiger partial charge in [0, 0.05) is 12.0 Å². The molecule has 2 rings (SSSR count). The van der Waals surface area contributed by atoms with E-state index in [0.29, 0.717) is 24.3 Å². The van der Waals surface area contributed by atoms with Crippen molar-refractivity contribution in [2.75, 3.05) is 0 Å². The maximum atomic E-state index is 12.1. The molecule has 1 aliphatic heterocycles. The third-order valence-electron chi connectivity index (χ3n) is 5.47. The Kier molecular flexibility index (Phi) is 6.13. The highest BCUT2D eigenvalue weighted by Crippen LogP contribution is 2.32. The Hall–Kier alpha value is -1.17. The van der Waals surface area contributed by atoms with E-state index >= 15 is 0 Å². The molecular weight excluding hydrogens is 320 g/mol. The molecule has 25 heavy (non-hydrogen) atoms. The average Bonchev–Trinajstić information content (AvgIpc) is 2.82. The molecule has 5 heteroatoms. The number of fused-ring (bicyclic) bond motifs is 1. The van der Waals surface area contributed by atoms with Crippen LogP contribution in [0.15, 0.2) is 23.8 Å². The molecule has 0 spiro atoms. The minimum atomic E-state index is -1.39. The Morgan fingerprint density at radius 3 is 2.56 bits per heavy atom. The predicted octanol–water partition coefficient (Wildman–Crippen LogP) is 2.49. The molecule has 0 aromatic heterocycles. The summed E-state index contributed by atoms with van der Waals surface area (Å²) in [5.41, 5.74) is -1.79. The second kappa shape index (κ2) is 7.60. The van der Waals surface area contributed by atoms with Gasteiger partial charge in [0.2, 0.25) is 0 Å². The van der Waals surface area contributed by atoms with Crippen molar-refractivity contribution in [1.29, 1.82) is 0 Å². The first-order valence-corrected chi connectivity index (χ1v) is 9.24. The first-order chi connectivity index (χ1) is 11.5. The number of esters is 1. The molecule has 0 saturated carbocycles. The molecule has 0 radical (unpaired) electrons. The fourth-order valence-corrected chi connectivity index (χ4v) is 3.50. The molecule has 1 aliphatic carbocycles. The number of carbonyl (C=O) groups is 1. The van der Waals surface area contributed by atoms with Crippen LogP contribution in [0, 0.1) is 11.8 Å². The summed E-state index contributed by atoms with van der Waals surface area (Å²) in [5.74, 6) is 0.305. The first-order valence-electron chi connectivity index (χ1n) is 9.24. The van der Waals surface area contributed by atoms with E-state index in [2.05, 4.69) is 13.8 Å². The largest absolute Gasteiger partial charge is 0.455 e. The third-order valence-corrected chi connectivity index (χ3v) is 5.47. The number of aliphatic hydroxyl groups is 3. The summed E-state index contributed by atoms with van der Waals surface area (Å²) in [6.07, 6.45) is 6.23. The van der Waals surface area contributed by atoms with Crippen molar-refractivity contribution in [3.05, 3.63) is 23.8 Å². The average molecular weight is 352 g/mol. The lowest BCUT2D eigenvalue weighted by Crippen LogP contribution is -2.43. The molecule has 2 bridgehead atoms. The van der Waals surface area contributed by atoms with Gasteiger partial charge in [0.15, 0.2) is 0 Å². The zero-order valence-corrected chi connectivity index (χ0v) is 15.7. The van der Waals surface area contributed by atoms with E-state index < -0.39 is 23.4 Å². The van der Waals surface area contributed by atoms with Crippen molar-refractivity contribution in [2.45, 2.75) is 83.2 Å². The topological polar surface area (TPSA) is 87.0 Å². The molecule has 2 aliphatic rings. The van der Waals surface area contributed by atoms with Gasteiger partial charge in [-0.15, -0.1) is 0 Å². The van der Waals surface area contributed by atoms with E-state index in [4.69, 9.17) is 4.74 Å². The lowest BCUT2D eigenvalue weighted by Gasteiger charge is -2.32. The Labute approximate surface area is 150 Å². The number of hydrogen-bond donors (Lipinski definition) is 3. The number of aliphatic hydroxyl groups excluding tert-OH is 1. The van der Waals surface area contributed by atoms with Gasteiger partial charge >= 0.3 is 5.97 Å². The van der Waals surface area contributed by atoms with Crippen molar-refractivity contribution in [2.24, 2.45) is 11.8 Å². The van der Waals surface area contributed by atoms with Crippen molar-refractivity contribution >= 4 is 5.97 Å². The quantitative estimate of drug-likeness (QED) is 0.498. The van der Waals surface area contributed by atoms with Crippen LogP contribution in [0.4, 0.5) is 0 Å². The number of rotatable bonds is 1. The van der Waals surface area contributed by atoms with Gasteiger partial charge in [-0.2, -0.15) is 0 Å². The molecule has 0 amide bonds. The summed E-state index contributed by atoms with van der Waals surface area (Å²) >= 11 is 0. The van der Waals surface area contributed by atoms with Crippen LogP contribution < -0.4 is 0 Å². The lowest BCUT2D eigenvalue weighted by molar-refractivity contribution is -0.144. The molecule has 142 valence electrons. The van der Waals surface area contributed by atoms with Gasteiger partial charge < -0.3 is 20.1 Å². The Morgan fingerprint density at radius 2 is 1.92 bits per heavy atom. The van der Waals surface area contributed by atoms with Crippen LogP contribution in [-0.4, -0.2) is 44.7 Å². The Balaban J connectivity index is 2.27. The highest BCUT2D eigenvalue weighted by atomic mass is 16.5. The molecule has 0 aromatic carbocycles. The lowest BCUT2D eigenvalue weighted by atomic mass is 9.84.